The first-order valence-electron chi connectivity index (χ1n) is 6.93. The van der Waals surface area contributed by atoms with Gasteiger partial charge >= 0.3 is 5.97 Å². The molecule has 23 heavy (non-hydrogen) atoms. The number of rotatable bonds is 6. The highest BCUT2D eigenvalue weighted by molar-refractivity contribution is 7.20. The van der Waals surface area contributed by atoms with Gasteiger partial charge in [0.15, 0.2) is 0 Å². The summed E-state index contributed by atoms with van der Waals surface area (Å²) in [5, 5.41) is 6.21. The van der Waals surface area contributed by atoms with Crippen molar-refractivity contribution < 1.29 is 14.3 Å². The third kappa shape index (κ3) is 3.76. The second kappa shape index (κ2) is 7.56. The van der Waals surface area contributed by atoms with Crippen LogP contribution in [-0.2, 0) is 9.53 Å². The average molecular weight is 332 g/mol. The van der Waals surface area contributed by atoms with Crippen molar-refractivity contribution >= 4 is 39.2 Å². The third-order valence-electron chi connectivity index (χ3n) is 2.99. The van der Waals surface area contributed by atoms with Crippen molar-refractivity contribution in [1.82, 2.24) is 15.3 Å². The molecule has 0 aliphatic heterocycles. The Balaban J connectivity index is 2.26. The van der Waals surface area contributed by atoms with Crippen LogP contribution in [0.5, 0.6) is 0 Å². The van der Waals surface area contributed by atoms with Crippen LogP contribution in [0.2, 0.25) is 0 Å². The first-order valence-corrected chi connectivity index (χ1v) is 7.75. The van der Waals surface area contributed by atoms with Crippen LogP contribution in [0.3, 0.4) is 0 Å². The zero-order valence-corrected chi connectivity index (χ0v) is 13.6. The molecule has 0 radical (unpaired) electrons. The Morgan fingerprint density at radius 2 is 2.22 bits per heavy atom. The predicted octanol–water partition coefficient (Wildman–Crippen LogP) is 1.34. The topological polar surface area (TPSA) is 93.2 Å². The Bertz CT molecular complexity index is 779. The second-order valence-electron chi connectivity index (χ2n) is 4.51. The number of hydrogen-bond donors (Lipinski definition) is 2. The molecule has 1 amide bonds. The summed E-state index contributed by atoms with van der Waals surface area (Å²) in [7, 11) is 0. The zero-order chi connectivity index (χ0) is 16.8. The first-order chi connectivity index (χ1) is 11.1. The molecule has 8 heteroatoms. The van der Waals surface area contributed by atoms with Crippen LogP contribution in [0.1, 0.15) is 22.2 Å². The van der Waals surface area contributed by atoms with Crippen LogP contribution < -0.4 is 10.6 Å². The number of esters is 1. The standard InChI is InChI=1S/C15H16N4O3S/c1-4-6-16-10(20)7-17-13-11-9(3)12(15(21)22-5-2)23-14(11)19-8-18-13/h1,8H,5-7H2,2-3H3,(H,16,20)(H,17,18,19). The van der Waals surface area contributed by atoms with E-state index >= 15 is 0 Å². The van der Waals surface area contributed by atoms with Crippen LogP contribution in [-0.4, -0.2) is 41.5 Å². The summed E-state index contributed by atoms with van der Waals surface area (Å²) in [6.45, 7) is 4.06. The fourth-order valence-electron chi connectivity index (χ4n) is 1.97. The van der Waals surface area contributed by atoms with Crippen LogP contribution in [0.4, 0.5) is 5.82 Å². The molecule has 7 nitrogen and oxygen atoms in total. The molecule has 0 aliphatic rings. The van der Waals surface area contributed by atoms with Crippen molar-refractivity contribution in [3.63, 3.8) is 0 Å². The summed E-state index contributed by atoms with van der Waals surface area (Å²) >= 11 is 1.24. The number of nitrogens with one attached hydrogen (secondary N) is 2. The summed E-state index contributed by atoms with van der Waals surface area (Å²) in [5.41, 5.74) is 0.732. The minimum Gasteiger partial charge on any atom is -0.462 e. The van der Waals surface area contributed by atoms with E-state index in [-0.39, 0.29) is 25.0 Å². The molecule has 0 saturated carbocycles. The summed E-state index contributed by atoms with van der Waals surface area (Å²) in [4.78, 5) is 33.1. The Morgan fingerprint density at radius 3 is 2.91 bits per heavy atom. The lowest BCUT2D eigenvalue weighted by atomic mass is 10.2. The molecule has 120 valence electrons. The highest BCUT2D eigenvalue weighted by Crippen LogP contribution is 2.33. The van der Waals surface area contributed by atoms with E-state index < -0.39 is 0 Å². The number of thiophene rings is 1. The monoisotopic (exact) mass is 332 g/mol. The van der Waals surface area contributed by atoms with Crippen LogP contribution in [0.15, 0.2) is 6.33 Å². The van der Waals surface area contributed by atoms with Crippen molar-refractivity contribution in [2.75, 3.05) is 25.0 Å². The van der Waals surface area contributed by atoms with Gasteiger partial charge in [-0.3, -0.25) is 4.79 Å². The number of carbonyl (C=O) groups is 2. The summed E-state index contributed by atoms with van der Waals surface area (Å²) in [6, 6.07) is 0. The number of terminal acetylenes is 1. The smallest absolute Gasteiger partial charge is 0.348 e. The van der Waals surface area contributed by atoms with Gasteiger partial charge in [0.25, 0.3) is 0 Å². The molecule has 2 aromatic rings. The van der Waals surface area contributed by atoms with Gasteiger partial charge in [-0.15, -0.1) is 17.8 Å². The fraction of sp³-hybridized carbons (Fsp3) is 0.333. The number of carbonyl (C=O) groups excluding carboxylic acids is 2. The molecule has 0 atom stereocenters. The second-order valence-corrected chi connectivity index (χ2v) is 5.51. The summed E-state index contributed by atoms with van der Waals surface area (Å²) in [6.07, 6.45) is 6.47. The highest BCUT2D eigenvalue weighted by atomic mass is 32.1. The zero-order valence-electron chi connectivity index (χ0n) is 12.8. The molecule has 0 aromatic carbocycles. The summed E-state index contributed by atoms with van der Waals surface area (Å²) < 4.78 is 5.04. The number of ether oxygens (including phenoxy) is 1. The van der Waals surface area contributed by atoms with Crippen LogP contribution in [0.25, 0.3) is 10.2 Å². The average Bonchev–Trinajstić information content (AvgIpc) is 2.89. The van der Waals surface area contributed by atoms with Crippen molar-refractivity contribution in [3.8, 4) is 12.3 Å². The molecule has 0 spiro atoms. The maximum Gasteiger partial charge on any atom is 0.348 e. The van der Waals surface area contributed by atoms with E-state index in [0.717, 1.165) is 5.56 Å². The Hall–Kier alpha value is -2.66. The van der Waals surface area contributed by atoms with Crippen molar-refractivity contribution in [2.24, 2.45) is 0 Å². The molecule has 0 bridgehead atoms. The predicted molar refractivity (Wildman–Crippen MR) is 88.4 cm³/mol. The van der Waals surface area contributed by atoms with Crippen molar-refractivity contribution in [3.05, 3.63) is 16.8 Å². The van der Waals surface area contributed by atoms with Crippen molar-refractivity contribution in [1.29, 1.82) is 0 Å². The van der Waals surface area contributed by atoms with E-state index in [1.807, 2.05) is 0 Å². The van der Waals surface area contributed by atoms with E-state index in [1.165, 1.54) is 17.7 Å². The van der Waals surface area contributed by atoms with Gasteiger partial charge in [-0.2, -0.15) is 0 Å². The lowest BCUT2D eigenvalue weighted by Crippen LogP contribution is -2.30. The van der Waals surface area contributed by atoms with E-state index in [9.17, 15) is 9.59 Å². The number of aromatic nitrogens is 2. The molecule has 0 saturated heterocycles. The number of aryl methyl sites for hydroxylation is 1. The number of nitrogens with zero attached hydrogens (tertiary/aromatic N) is 2. The van der Waals surface area contributed by atoms with Gasteiger partial charge in [0.1, 0.15) is 21.9 Å². The number of anilines is 1. The lowest BCUT2D eigenvalue weighted by Gasteiger charge is -2.07. The molecule has 0 aliphatic carbocycles. The molecule has 2 N–H and O–H groups in total. The summed E-state index contributed by atoms with van der Waals surface area (Å²) in [5.74, 6) is 2.20. The Kier molecular flexibility index (Phi) is 5.49. The van der Waals surface area contributed by atoms with E-state index in [0.29, 0.717) is 27.5 Å². The van der Waals surface area contributed by atoms with Gasteiger partial charge in [-0.05, 0) is 19.4 Å². The fourth-order valence-corrected chi connectivity index (χ4v) is 3.02. The SMILES string of the molecule is C#CCNC(=O)CNc1ncnc2sc(C(=O)OCC)c(C)c12. The molecule has 0 fully saturated rings. The maximum atomic E-state index is 12.0. The Labute approximate surface area is 137 Å². The minimum absolute atomic E-state index is 0.0256. The normalized spacial score (nSPS) is 10.1. The van der Waals surface area contributed by atoms with Gasteiger partial charge in [0, 0.05) is 0 Å². The van der Waals surface area contributed by atoms with Gasteiger partial charge in [0.05, 0.1) is 25.1 Å². The maximum absolute atomic E-state index is 12.0. The largest absolute Gasteiger partial charge is 0.462 e. The minimum atomic E-state index is -0.384. The van der Waals surface area contributed by atoms with Crippen molar-refractivity contribution in [2.45, 2.75) is 13.8 Å². The Morgan fingerprint density at radius 1 is 1.43 bits per heavy atom. The van der Waals surface area contributed by atoms with Gasteiger partial charge in [-0.25, -0.2) is 14.8 Å². The quantitative estimate of drug-likeness (QED) is 0.612. The van der Waals surface area contributed by atoms with E-state index in [4.69, 9.17) is 11.2 Å². The van der Waals surface area contributed by atoms with Gasteiger partial charge in [0.2, 0.25) is 5.91 Å². The number of fused-ring (bicyclic) bond motifs is 1. The first kappa shape index (κ1) is 16.7. The lowest BCUT2D eigenvalue weighted by molar-refractivity contribution is -0.119. The van der Waals surface area contributed by atoms with E-state index in [2.05, 4.69) is 26.5 Å². The molecular formula is C15H16N4O3S. The molecule has 0 unspecified atom stereocenters. The molecule has 2 rings (SSSR count). The molecule has 2 heterocycles. The van der Waals surface area contributed by atoms with Gasteiger partial charge < -0.3 is 15.4 Å². The highest BCUT2D eigenvalue weighted by Gasteiger charge is 2.20. The third-order valence-corrected chi connectivity index (χ3v) is 4.17. The molecule has 2 aromatic heterocycles. The number of amides is 1. The van der Waals surface area contributed by atoms with Gasteiger partial charge in [-0.1, -0.05) is 5.92 Å². The number of hydrogen-bond acceptors (Lipinski definition) is 7. The van der Waals surface area contributed by atoms with Crippen LogP contribution >= 0.6 is 11.3 Å². The van der Waals surface area contributed by atoms with E-state index in [1.54, 1.807) is 13.8 Å². The van der Waals surface area contributed by atoms with Crippen LogP contribution in [0, 0.1) is 19.3 Å². The molecular weight excluding hydrogens is 316 g/mol.